The van der Waals surface area contributed by atoms with E-state index in [4.69, 9.17) is 32.7 Å². The van der Waals surface area contributed by atoms with Crippen molar-refractivity contribution in [1.82, 2.24) is 10.7 Å². The average Bonchev–Trinajstić information content (AvgIpc) is 2.69. The van der Waals surface area contributed by atoms with Gasteiger partial charge in [-0.15, -0.1) is 0 Å². The maximum atomic E-state index is 11.8. The lowest BCUT2D eigenvalue weighted by Crippen LogP contribution is -2.37. The third-order valence-electron chi connectivity index (χ3n) is 3.41. The van der Waals surface area contributed by atoms with E-state index in [0.717, 1.165) is 0 Å². The van der Waals surface area contributed by atoms with Gasteiger partial charge < -0.3 is 20.1 Å². The molecule has 0 unspecified atom stereocenters. The molecule has 8 nitrogen and oxygen atoms in total. The number of benzene rings is 2. The minimum Gasteiger partial charge on any atom is -0.493 e. The van der Waals surface area contributed by atoms with Crippen LogP contribution in [0.15, 0.2) is 41.5 Å². The molecule has 2 rings (SSSR count). The summed E-state index contributed by atoms with van der Waals surface area (Å²) in [6.45, 7) is -0.278. The predicted octanol–water partition coefficient (Wildman–Crippen LogP) is 3.28. The minimum absolute atomic E-state index is 0.278. The van der Waals surface area contributed by atoms with E-state index in [-0.39, 0.29) is 6.54 Å². The molecule has 148 valence electrons. The summed E-state index contributed by atoms with van der Waals surface area (Å²) in [5.41, 5.74) is 3.37. The molecule has 0 fully saturated rings. The Morgan fingerprint density at radius 1 is 1.11 bits per heavy atom. The molecule has 0 aliphatic heterocycles. The third kappa shape index (κ3) is 6.04. The first kappa shape index (κ1) is 21.3. The van der Waals surface area contributed by atoms with Crippen LogP contribution in [0.25, 0.3) is 0 Å². The van der Waals surface area contributed by atoms with Crippen molar-refractivity contribution in [2.45, 2.75) is 0 Å². The first-order valence-electron chi connectivity index (χ1n) is 7.97. The summed E-state index contributed by atoms with van der Waals surface area (Å²) in [5, 5.41) is 9.45. The van der Waals surface area contributed by atoms with Gasteiger partial charge in [0.2, 0.25) is 0 Å². The zero-order valence-electron chi connectivity index (χ0n) is 15.1. The zero-order chi connectivity index (χ0) is 20.5. The summed E-state index contributed by atoms with van der Waals surface area (Å²) in [7, 11) is 3.03. The maximum absolute atomic E-state index is 11.8. The monoisotopic (exact) mass is 424 g/mol. The van der Waals surface area contributed by atoms with Crippen LogP contribution >= 0.6 is 23.2 Å². The Bertz CT molecular complexity index is 890. The highest BCUT2D eigenvalue weighted by Crippen LogP contribution is 2.29. The lowest BCUT2D eigenvalue weighted by atomic mass is 10.2. The molecule has 0 aliphatic carbocycles. The number of para-hydroxylation sites is 1. The smallest absolute Gasteiger partial charge is 0.319 e. The molecule has 0 aromatic heterocycles. The van der Waals surface area contributed by atoms with Crippen molar-refractivity contribution in [3.05, 3.63) is 52.0 Å². The number of methoxy groups -OCH3 is 2. The van der Waals surface area contributed by atoms with Crippen molar-refractivity contribution in [2.75, 3.05) is 26.1 Å². The van der Waals surface area contributed by atoms with Gasteiger partial charge in [0.1, 0.15) is 6.54 Å². The van der Waals surface area contributed by atoms with Gasteiger partial charge >= 0.3 is 6.03 Å². The van der Waals surface area contributed by atoms with Gasteiger partial charge in [0, 0.05) is 11.3 Å². The van der Waals surface area contributed by atoms with E-state index in [2.05, 4.69) is 21.2 Å². The quantitative estimate of drug-likeness (QED) is 0.468. The van der Waals surface area contributed by atoms with Gasteiger partial charge in [0.25, 0.3) is 5.91 Å². The number of hydrogen-bond donors (Lipinski definition) is 3. The van der Waals surface area contributed by atoms with E-state index < -0.39 is 11.9 Å². The first-order chi connectivity index (χ1) is 13.4. The Morgan fingerprint density at radius 2 is 1.89 bits per heavy atom. The SMILES string of the molecule is COc1cccc(C=NNC(=O)CNC(=O)Nc2ccc(Cl)c(Cl)c2)c1OC. The Labute approximate surface area is 171 Å². The molecule has 28 heavy (non-hydrogen) atoms. The standard InChI is InChI=1S/C18H18Cl2N4O4/c1-27-15-5-3-4-11(17(15)28-2)9-22-24-16(25)10-21-18(26)23-12-6-7-13(19)14(20)8-12/h3-9H,10H2,1-2H3,(H,24,25)(H2,21,23,26). The average molecular weight is 425 g/mol. The Kier molecular flexibility index (Phi) is 7.91. The van der Waals surface area contributed by atoms with E-state index in [9.17, 15) is 9.59 Å². The predicted molar refractivity (Wildman–Crippen MR) is 109 cm³/mol. The van der Waals surface area contributed by atoms with E-state index in [1.165, 1.54) is 26.5 Å². The van der Waals surface area contributed by atoms with Gasteiger partial charge in [0.05, 0.1) is 30.5 Å². The molecular formula is C18H18Cl2N4O4. The van der Waals surface area contributed by atoms with Gasteiger partial charge in [-0.25, -0.2) is 10.2 Å². The molecule has 0 atom stereocenters. The van der Waals surface area contributed by atoms with Crippen LogP contribution in [0.2, 0.25) is 10.0 Å². The highest BCUT2D eigenvalue weighted by molar-refractivity contribution is 6.42. The number of ether oxygens (including phenoxy) is 2. The maximum Gasteiger partial charge on any atom is 0.319 e. The number of amides is 3. The van der Waals surface area contributed by atoms with Crippen LogP contribution in [-0.4, -0.2) is 38.9 Å². The van der Waals surface area contributed by atoms with E-state index in [1.807, 2.05) is 0 Å². The number of halogens is 2. The number of nitrogens with zero attached hydrogens (tertiary/aromatic N) is 1. The molecule has 0 saturated heterocycles. The first-order valence-corrected chi connectivity index (χ1v) is 8.73. The van der Waals surface area contributed by atoms with Crippen molar-refractivity contribution >= 4 is 47.0 Å². The van der Waals surface area contributed by atoms with Gasteiger partial charge in [-0.05, 0) is 30.3 Å². The van der Waals surface area contributed by atoms with E-state index >= 15 is 0 Å². The molecule has 0 bridgehead atoms. The van der Waals surface area contributed by atoms with Crippen LogP contribution in [0.5, 0.6) is 11.5 Å². The van der Waals surface area contributed by atoms with Gasteiger partial charge in [-0.1, -0.05) is 29.3 Å². The highest BCUT2D eigenvalue weighted by atomic mass is 35.5. The Balaban J connectivity index is 1.83. The lowest BCUT2D eigenvalue weighted by Gasteiger charge is -2.09. The number of anilines is 1. The van der Waals surface area contributed by atoms with Crippen LogP contribution in [0.4, 0.5) is 10.5 Å². The molecular weight excluding hydrogens is 407 g/mol. The Morgan fingerprint density at radius 3 is 2.57 bits per heavy atom. The normalized spacial score (nSPS) is 10.4. The van der Waals surface area contributed by atoms with E-state index in [1.54, 1.807) is 30.3 Å². The van der Waals surface area contributed by atoms with Crippen molar-refractivity contribution in [2.24, 2.45) is 5.10 Å². The molecule has 0 spiro atoms. The van der Waals surface area contributed by atoms with Crippen LogP contribution in [-0.2, 0) is 4.79 Å². The molecule has 0 heterocycles. The third-order valence-corrected chi connectivity index (χ3v) is 4.15. The second-order valence-electron chi connectivity index (χ2n) is 5.31. The minimum atomic E-state index is -0.577. The second-order valence-corrected chi connectivity index (χ2v) is 6.13. The molecule has 0 saturated carbocycles. The molecule has 0 aliphatic rings. The van der Waals surface area contributed by atoms with Crippen molar-refractivity contribution in [3.63, 3.8) is 0 Å². The number of urea groups is 1. The molecule has 3 amide bonds. The van der Waals surface area contributed by atoms with Crippen LogP contribution in [0, 0.1) is 0 Å². The van der Waals surface area contributed by atoms with Crippen molar-refractivity contribution < 1.29 is 19.1 Å². The zero-order valence-corrected chi connectivity index (χ0v) is 16.6. The summed E-state index contributed by atoms with van der Waals surface area (Å²) in [6.07, 6.45) is 1.41. The summed E-state index contributed by atoms with van der Waals surface area (Å²) >= 11 is 11.7. The van der Waals surface area contributed by atoms with Gasteiger partial charge in [-0.2, -0.15) is 5.10 Å². The number of hydrogen-bond acceptors (Lipinski definition) is 5. The fourth-order valence-corrected chi connectivity index (χ4v) is 2.43. The van der Waals surface area contributed by atoms with Crippen molar-refractivity contribution in [1.29, 1.82) is 0 Å². The van der Waals surface area contributed by atoms with Crippen LogP contribution in [0.1, 0.15) is 5.56 Å². The number of carbonyl (C=O) groups is 2. The molecule has 2 aromatic carbocycles. The van der Waals surface area contributed by atoms with Crippen LogP contribution < -0.4 is 25.5 Å². The largest absolute Gasteiger partial charge is 0.493 e. The fourth-order valence-electron chi connectivity index (χ4n) is 2.14. The molecule has 3 N–H and O–H groups in total. The summed E-state index contributed by atoms with van der Waals surface area (Å²) < 4.78 is 10.5. The van der Waals surface area contributed by atoms with Crippen LogP contribution in [0.3, 0.4) is 0 Å². The number of carbonyl (C=O) groups excluding carboxylic acids is 2. The number of hydrazone groups is 1. The second kappa shape index (κ2) is 10.4. The fraction of sp³-hybridized carbons (Fsp3) is 0.167. The van der Waals surface area contributed by atoms with Crippen molar-refractivity contribution in [3.8, 4) is 11.5 Å². The number of nitrogens with one attached hydrogen (secondary N) is 3. The summed E-state index contributed by atoms with van der Waals surface area (Å²) in [6, 6.07) is 9.31. The summed E-state index contributed by atoms with van der Waals surface area (Å²) in [4.78, 5) is 23.6. The van der Waals surface area contributed by atoms with E-state index in [0.29, 0.717) is 32.8 Å². The number of rotatable bonds is 7. The van der Waals surface area contributed by atoms with Gasteiger partial charge in [0.15, 0.2) is 11.5 Å². The molecule has 2 aromatic rings. The molecule has 10 heteroatoms. The van der Waals surface area contributed by atoms with Gasteiger partial charge in [-0.3, -0.25) is 4.79 Å². The highest BCUT2D eigenvalue weighted by Gasteiger charge is 2.08. The lowest BCUT2D eigenvalue weighted by molar-refractivity contribution is -0.120. The molecule has 0 radical (unpaired) electrons. The Hall–Kier alpha value is -2.97. The topological polar surface area (TPSA) is 101 Å². The summed E-state index contributed by atoms with van der Waals surface area (Å²) in [5.74, 6) is 0.517.